The van der Waals surface area contributed by atoms with Crippen molar-refractivity contribution in [1.29, 1.82) is 0 Å². The third-order valence-corrected chi connectivity index (χ3v) is 7.25. The summed E-state index contributed by atoms with van der Waals surface area (Å²) in [6.45, 7) is 0.970. The first-order valence-electron chi connectivity index (χ1n) is 11.8. The maximum Gasteiger partial charge on any atom is 0.184 e. The Kier molecular flexibility index (Phi) is 7.72. The van der Waals surface area contributed by atoms with Gasteiger partial charge in [0, 0.05) is 18.5 Å². The number of imidazole rings is 1. The number of aliphatic hydroxyl groups excluding tert-OH is 1. The number of halogens is 2. The minimum atomic E-state index is -0.567. The lowest BCUT2D eigenvalue weighted by Crippen LogP contribution is -2.32. The highest BCUT2D eigenvalue weighted by molar-refractivity contribution is 6.40. The lowest BCUT2D eigenvalue weighted by atomic mass is 9.97. The SMILES string of the molecule is NCc1ccccc1-c1ccc([C@H]2O[C@@H](Cn3cnc(Cl)c3Cl)C[C@@H](c3ccc(CO)cc3)O2)cc1. The Hall–Kier alpha value is -2.71. The molecule has 36 heavy (non-hydrogen) atoms. The number of hydrogen-bond acceptors (Lipinski definition) is 5. The molecule has 4 aromatic rings. The Bertz CT molecular complexity index is 1310. The number of ether oxygens (including phenoxy) is 2. The minimum absolute atomic E-state index is 0.000311. The number of nitrogens with two attached hydrogens (primary N) is 1. The molecule has 0 radical (unpaired) electrons. The maximum absolute atomic E-state index is 9.41. The van der Waals surface area contributed by atoms with Crippen LogP contribution in [-0.4, -0.2) is 20.8 Å². The molecule has 0 amide bonds. The summed E-state index contributed by atoms with van der Waals surface area (Å²) in [5, 5.41) is 10.1. The molecule has 0 unspecified atom stereocenters. The molecule has 1 aliphatic heterocycles. The van der Waals surface area contributed by atoms with Crippen molar-refractivity contribution in [2.45, 2.75) is 44.6 Å². The Morgan fingerprint density at radius 1 is 0.944 bits per heavy atom. The smallest absolute Gasteiger partial charge is 0.184 e. The summed E-state index contributed by atoms with van der Waals surface area (Å²) >= 11 is 12.4. The van der Waals surface area contributed by atoms with Gasteiger partial charge in [-0.2, -0.15) is 0 Å². The monoisotopic (exact) mass is 523 g/mol. The van der Waals surface area contributed by atoms with E-state index in [-0.39, 0.29) is 24.0 Å². The van der Waals surface area contributed by atoms with E-state index in [0.29, 0.717) is 24.7 Å². The highest BCUT2D eigenvalue weighted by Gasteiger charge is 2.33. The number of benzene rings is 3. The number of aromatic nitrogens is 2. The zero-order chi connectivity index (χ0) is 25.1. The van der Waals surface area contributed by atoms with Crippen molar-refractivity contribution in [2.75, 3.05) is 0 Å². The van der Waals surface area contributed by atoms with E-state index >= 15 is 0 Å². The van der Waals surface area contributed by atoms with Gasteiger partial charge in [0.2, 0.25) is 0 Å². The first kappa shape index (κ1) is 25.0. The number of rotatable bonds is 7. The molecular weight excluding hydrogens is 497 g/mol. The summed E-state index contributed by atoms with van der Waals surface area (Å²) in [4.78, 5) is 4.08. The van der Waals surface area contributed by atoms with Gasteiger partial charge in [0.15, 0.2) is 11.4 Å². The van der Waals surface area contributed by atoms with Crippen molar-refractivity contribution in [3.63, 3.8) is 0 Å². The van der Waals surface area contributed by atoms with E-state index in [1.165, 1.54) is 0 Å². The summed E-state index contributed by atoms with van der Waals surface area (Å²) < 4.78 is 14.6. The summed E-state index contributed by atoms with van der Waals surface area (Å²) in [5.74, 6) is 0. The van der Waals surface area contributed by atoms with E-state index in [4.69, 9.17) is 38.4 Å². The van der Waals surface area contributed by atoms with Gasteiger partial charge in [0.1, 0.15) is 5.15 Å². The van der Waals surface area contributed by atoms with Crippen LogP contribution in [0.1, 0.15) is 41.1 Å². The molecule has 0 spiro atoms. The molecule has 3 N–H and O–H groups in total. The van der Waals surface area contributed by atoms with E-state index in [0.717, 1.165) is 33.4 Å². The van der Waals surface area contributed by atoms with Gasteiger partial charge in [0.05, 0.1) is 31.7 Å². The topological polar surface area (TPSA) is 82.5 Å². The molecule has 186 valence electrons. The molecule has 8 heteroatoms. The van der Waals surface area contributed by atoms with Gasteiger partial charge >= 0.3 is 0 Å². The van der Waals surface area contributed by atoms with E-state index in [2.05, 4.69) is 23.2 Å². The fourth-order valence-electron chi connectivity index (χ4n) is 4.52. The fraction of sp³-hybridized carbons (Fsp3) is 0.250. The largest absolute Gasteiger partial charge is 0.392 e. The number of nitrogens with zero attached hydrogens (tertiary/aromatic N) is 2. The molecule has 2 heterocycles. The van der Waals surface area contributed by atoms with E-state index in [9.17, 15) is 5.11 Å². The van der Waals surface area contributed by atoms with Crippen LogP contribution in [-0.2, 0) is 29.2 Å². The summed E-state index contributed by atoms with van der Waals surface area (Å²) in [6, 6.07) is 24.1. The van der Waals surface area contributed by atoms with Crippen LogP contribution in [0.15, 0.2) is 79.1 Å². The average Bonchev–Trinajstić information content (AvgIpc) is 3.25. The van der Waals surface area contributed by atoms with Crippen molar-refractivity contribution in [3.8, 4) is 11.1 Å². The zero-order valence-electron chi connectivity index (χ0n) is 19.6. The highest BCUT2D eigenvalue weighted by atomic mass is 35.5. The van der Waals surface area contributed by atoms with Crippen LogP contribution >= 0.6 is 23.2 Å². The van der Waals surface area contributed by atoms with Crippen LogP contribution in [0.2, 0.25) is 10.3 Å². The van der Waals surface area contributed by atoms with Gasteiger partial charge < -0.3 is 24.9 Å². The molecule has 5 rings (SSSR count). The molecule has 6 nitrogen and oxygen atoms in total. The van der Waals surface area contributed by atoms with Crippen molar-refractivity contribution in [3.05, 3.63) is 112 Å². The third kappa shape index (κ3) is 5.34. The first-order valence-corrected chi connectivity index (χ1v) is 12.6. The van der Waals surface area contributed by atoms with Gasteiger partial charge in [-0.1, -0.05) is 96.0 Å². The third-order valence-electron chi connectivity index (χ3n) is 6.48. The van der Waals surface area contributed by atoms with Crippen molar-refractivity contribution < 1.29 is 14.6 Å². The molecule has 1 saturated heterocycles. The molecule has 3 aromatic carbocycles. The predicted octanol–water partition coefficient (Wildman–Crippen LogP) is 6.05. The number of hydrogen-bond donors (Lipinski definition) is 2. The van der Waals surface area contributed by atoms with E-state index in [1.807, 2.05) is 54.6 Å². The normalized spacial score (nSPS) is 19.9. The Morgan fingerprint density at radius 2 is 1.67 bits per heavy atom. The van der Waals surface area contributed by atoms with Crippen LogP contribution in [0.4, 0.5) is 0 Å². The molecule has 3 atom stereocenters. The van der Waals surface area contributed by atoms with Gasteiger partial charge in [-0.25, -0.2) is 4.98 Å². The van der Waals surface area contributed by atoms with E-state index in [1.54, 1.807) is 10.9 Å². The lowest BCUT2D eigenvalue weighted by molar-refractivity contribution is -0.252. The van der Waals surface area contributed by atoms with Crippen LogP contribution in [0.25, 0.3) is 11.1 Å². The summed E-state index contributed by atoms with van der Waals surface area (Å²) in [5.41, 5.74) is 12.0. The Balaban J connectivity index is 1.42. The van der Waals surface area contributed by atoms with Crippen molar-refractivity contribution in [1.82, 2.24) is 9.55 Å². The van der Waals surface area contributed by atoms with Crippen LogP contribution < -0.4 is 5.73 Å². The van der Waals surface area contributed by atoms with Gasteiger partial charge in [-0.05, 0) is 27.8 Å². The summed E-state index contributed by atoms with van der Waals surface area (Å²) in [7, 11) is 0. The highest BCUT2D eigenvalue weighted by Crippen LogP contribution is 2.39. The van der Waals surface area contributed by atoms with Crippen molar-refractivity contribution in [2.24, 2.45) is 5.73 Å². The molecule has 0 saturated carbocycles. The van der Waals surface area contributed by atoms with Gasteiger partial charge in [-0.3, -0.25) is 0 Å². The molecule has 0 aliphatic carbocycles. The van der Waals surface area contributed by atoms with Crippen LogP contribution in [0.5, 0.6) is 0 Å². The first-order chi connectivity index (χ1) is 17.6. The Labute approximate surface area is 220 Å². The molecule has 0 bridgehead atoms. The minimum Gasteiger partial charge on any atom is -0.392 e. The molecule has 1 aromatic heterocycles. The summed E-state index contributed by atoms with van der Waals surface area (Å²) in [6.07, 6.45) is 1.29. The van der Waals surface area contributed by atoms with Crippen molar-refractivity contribution >= 4 is 23.2 Å². The standard InChI is InChI=1S/C28H27Cl2N3O3/c29-26-27(30)33(17-32-26)15-23-13-25(20-7-5-18(16-34)6-8-20)36-28(35-23)21-11-9-19(10-12-21)24-4-2-1-3-22(24)14-31/h1-12,17,23,25,28,34H,13-16,31H2/t23-,25+,28+/m1/s1. The second-order valence-corrected chi connectivity index (χ2v) is 9.53. The average molecular weight is 524 g/mol. The van der Waals surface area contributed by atoms with Crippen LogP contribution in [0.3, 0.4) is 0 Å². The quantitative estimate of drug-likeness (QED) is 0.308. The Morgan fingerprint density at radius 3 is 2.33 bits per heavy atom. The molecule has 1 fully saturated rings. The maximum atomic E-state index is 9.41. The molecular formula is C28H27Cl2N3O3. The second kappa shape index (κ2) is 11.1. The van der Waals surface area contributed by atoms with Gasteiger partial charge in [-0.15, -0.1) is 0 Å². The van der Waals surface area contributed by atoms with Crippen LogP contribution in [0, 0.1) is 0 Å². The number of aliphatic hydroxyl groups is 1. The zero-order valence-corrected chi connectivity index (χ0v) is 21.1. The van der Waals surface area contributed by atoms with E-state index < -0.39 is 6.29 Å². The van der Waals surface area contributed by atoms with Gasteiger partial charge in [0.25, 0.3) is 0 Å². The lowest BCUT2D eigenvalue weighted by Gasteiger charge is -2.36. The predicted molar refractivity (Wildman–Crippen MR) is 140 cm³/mol. The fourth-order valence-corrected chi connectivity index (χ4v) is 4.84. The molecule has 1 aliphatic rings. The second-order valence-electron chi connectivity index (χ2n) is 8.81.